The molecular weight excluding hydrogens is 368 g/mol. The Morgan fingerprint density at radius 2 is 1.82 bits per heavy atom. The van der Waals surface area contributed by atoms with Crippen molar-refractivity contribution in [3.63, 3.8) is 0 Å². The second-order valence-electron chi connectivity index (χ2n) is 6.09. The number of benzene rings is 1. The maximum atomic E-state index is 10.6. The quantitative estimate of drug-likeness (QED) is 0.365. The van der Waals surface area contributed by atoms with Gasteiger partial charge in [-0.1, -0.05) is 18.2 Å². The Balaban J connectivity index is 0.000000253. The summed E-state index contributed by atoms with van der Waals surface area (Å²) in [6.45, 7) is 0.580. The highest BCUT2D eigenvalue weighted by Gasteiger charge is 2.20. The normalized spacial score (nSPS) is 16.3. The fourth-order valence-electron chi connectivity index (χ4n) is 2.52. The fourth-order valence-corrected chi connectivity index (χ4v) is 2.52. The van der Waals surface area contributed by atoms with Crippen LogP contribution in [0.25, 0.3) is 10.9 Å². The van der Waals surface area contributed by atoms with Gasteiger partial charge in [-0.3, -0.25) is 14.4 Å². The van der Waals surface area contributed by atoms with Crippen molar-refractivity contribution in [2.45, 2.75) is 31.3 Å². The maximum absolute atomic E-state index is 10.6. The van der Waals surface area contributed by atoms with Crippen molar-refractivity contribution in [2.75, 3.05) is 13.1 Å². The van der Waals surface area contributed by atoms with Gasteiger partial charge < -0.3 is 37.1 Å². The van der Waals surface area contributed by atoms with Gasteiger partial charge in [-0.15, -0.1) is 0 Å². The van der Waals surface area contributed by atoms with Crippen molar-refractivity contribution in [1.82, 2.24) is 10.3 Å². The molecular formula is C18H26N4O6. The summed E-state index contributed by atoms with van der Waals surface area (Å²) < 4.78 is 0. The average molecular weight is 394 g/mol. The first kappa shape index (κ1) is 23.1. The number of nitrogens with one attached hydrogen (secondary N) is 2. The Bertz CT molecular complexity index is 785. The lowest BCUT2D eigenvalue weighted by Crippen LogP contribution is -2.32. The van der Waals surface area contributed by atoms with Crippen LogP contribution in [0.4, 0.5) is 0 Å². The Morgan fingerprint density at radius 1 is 1.18 bits per heavy atom. The molecule has 0 unspecified atom stereocenters. The van der Waals surface area contributed by atoms with E-state index < -0.39 is 23.9 Å². The highest BCUT2D eigenvalue weighted by atomic mass is 16.4. The van der Waals surface area contributed by atoms with Crippen LogP contribution in [0.3, 0.4) is 0 Å². The van der Waals surface area contributed by atoms with E-state index in [-0.39, 0.29) is 12.6 Å². The number of fused-ring (bicyclic) bond motifs is 1. The minimum Gasteiger partial charge on any atom is -0.480 e. The van der Waals surface area contributed by atoms with Gasteiger partial charge in [-0.2, -0.15) is 0 Å². The number of para-hydroxylation sites is 1. The molecule has 9 N–H and O–H groups in total. The minimum absolute atomic E-state index is 0.269. The molecule has 1 aliphatic heterocycles. The van der Waals surface area contributed by atoms with E-state index in [1.165, 1.54) is 0 Å². The summed E-state index contributed by atoms with van der Waals surface area (Å²) in [5.74, 6) is -2.66. The van der Waals surface area contributed by atoms with Crippen LogP contribution in [0, 0.1) is 0 Å². The number of rotatable bonds is 5. The van der Waals surface area contributed by atoms with Gasteiger partial charge in [-0.25, -0.2) is 0 Å². The van der Waals surface area contributed by atoms with Crippen LogP contribution in [0.2, 0.25) is 0 Å². The van der Waals surface area contributed by atoms with Crippen molar-refractivity contribution in [3.05, 3.63) is 36.0 Å². The van der Waals surface area contributed by atoms with Crippen LogP contribution in [0.15, 0.2) is 30.5 Å². The van der Waals surface area contributed by atoms with Gasteiger partial charge in [0, 0.05) is 23.5 Å². The van der Waals surface area contributed by atoms with Crippen LogP contribution < -0.4 is 16.8 Å². The summed E-state index contributed by atoms with van der Waals surface area (Å²) in [6.07, 6.45) is 3.94. The average Bonchev–Trinajstić information content (AvgIpc) is 3.33. The molecule has 2 heterocycles. The lowest BCUT2D eigenvalue weighted by atomic mass is 10.1. The summed E-state index contributed by atoms with van der Waals surface area (Å²) in [4.78, 5) is 33.1. The Morgan fingerprint density at radius 3 is 2.29 bits per heavy atom. The van der Waals surface area contributed by atoms with Crippen molar-refractivity contribution in [1.29, 1.82) is 0 Å². The predicted molar refractivity (Wildman–Crippen MR) is 103 cm³/mol. The molecule has 1 aromatic heterocycles. The summed E-state index contributed by atoms with van der Waals surface area (Å²) >= 11 is 0. The Labute approximate surface area is 161 Å². The molecule has 0 radical (unpaired) electrons. The van der Waals surface area contributed by atoms with Gasteiger partial charge in [0.2, 0.25) is 0 Å². The number of H-pyrrole nitrogens is 1. The number of carboxylic acids is 3. The van der Waals surface area contributed by atoms with Gasteiger partial charge >= 0.3 is 17.9 Å². The number of aromatic amines is 1. The van der Waals surface area contributed by atoms with Gasteiger partial charge in [0.15, 0.2) is 0 Å². The monoisotopic (exact) mass is 394 g/mol. The molecule has 1 fully saturated rings. The first-order valence-electron chi connectivity index (χ1n) is 8.67. The van der Waals surface area contributed by atoms with Crippen molar-refractivity contribution >= 4 is 28.8 Å². The molecule has 0 amide bonds. The molecule has 3 rings (SSSR count). The number of carbonyl (C=O) groups is 3. The van der Waals surface area contributed by atoms with Gasteiger partial charge in [-0.05, 0) is 31.0 Å². The van der Waals surface area contributed by atoms with Crippen LogP contribution in [-0.4, -0.2) is 63.4 Å². The summed E-state index contributed by atoms with van der Waals surface area (Å²) in [7, 11) is 0. The van der Waals surface area contributed by atoms with E-state index in [1.54, 1.807) is 0 Å². The van der Waals surface area contributed by atoms with Crippen molar-refractivity contribution in [3.8, 4) is 0 Å². The topological polar surface area (TPSA) is 192 Å². The molecule has 0 saturated carbocycles. The Kier molecular flexibility index (Phi) is 9.65. The van der Waals surface area contributed by atoms with Crippen LogP contribution in [-0.2, 0) is 20.8 Å². The zero-order chi connectivity index (χ0) is 21.1. The fraction of sp³-hybridized carbons (Fsp3) is 0.389. The molecule has 10 heteroatoms. The molecule has 154 valence electrons. The first-order chi connectivity index (χ1) is 13.3. The molecule has 1 aliphatic rings. The largest absolute Gasteiger partial charge is 0.480 e. The van der Waals surface area contributed by atoms with Gasteiger partial charge in [0.05, 0.1) is 6.54 Å². The van der Waals surface area contributed by atoms with E-state index in [2.05, 4.69) is 16.0 Å². The Hall–Kier alpha value is -2.95. The van der Waals surface area contributed by atoms with Gasteiger partial charge in [0.1, 0.15) is 12.1 Å². The third kappa shape index (κ3) is 7.74. The van der Waals surface area contributed by atoms with Crippen molar-refractivity contribution in [2.24, 2.45) is 11.5 Å². The minimum atomic E-state index is -0.972. The molecule has 2 aromatic rings. The number of aromatic nitrogens is 1. The van der Waals surface area contributed by atoms with E-state index in [1.807, 2.05) is 30.5 Å². The third-order valence-corrected chi connectivity index (χ3v) is 3.96. The summed E-state index contributed by atoms with van der Waals surface area (Å²) in [6, 6.07) is 6.64. The number of hydrogen-bond acceptors (Lipinski definition) is 6. The second kappa shape index (κ2) is 11.7. The smallest absolute Gasteiger partial charge is 0.320 e. The lowest BCUT2D eigenvalue weighted by Gasteiger charge is -2.04. The highest BCUT2D eigenvalue weighted by molar-refractivity contribution is 5.84. The zero-order valence-electron chi connectivity index (χ0n) is 15.3. The SMILES string of the molecule is NCC(=O)O.N[C@@H](Cc1c[nH]c2ccccc12)C(=O)O.O=C(O)[C@@H]1CCCN1. The molecule has 1 aromatic carbocycles. The molecule has 28 heavy (non-hydrogen) atoms. The molecule has 2 atom stereocenters. The summed E-state index contributed by atoms with van der Waals surface area (Å²) in [5.41, 5.74) is 12.0. The standard InChI is InChI=1S/C11H12N2O2.C5H9NO2.C2H5NO2/c12-9(11(14)15)5-7-6-13-10-4-2-1-3-8(7)10;7-5(8)4-2-1-3-6-4;3-1-2(4)5/h1-4,6,9,13H,5,12H2,(H,14,15);4,6H,1-3H2,(H,7,8);1,3H2,(H,4,5)/t9-;4-;/m00./s1. The summed E-state index contributed by atoms with van der Waals surface area (Å²) in [5, 5.41) is 28.6. The number of hydrogen-bond donors (Lipinski definition) is 7. The van der Waals surface area contributed by atoms with Crippen LogP contribution >= 0.6 is 0 Å². The predicted octanol–water partition coefficient (Wildman–Crippen LogP) is -0.0250. The molecule has 1 saturated heterocycles. The second-order valence-corrected chi connectivity index (χ2v) is 6.09. The van der Waals surface area contributed by atoms with E-state index in [9.17, 15) is 14.4 Å². The lowest BCUT2D eigenvalue weighted by molar-refractivity contribution is -0.139. The maximum Gasteiger partial charge on any atom is 0.320 e. The third-order valence-electron chi connectivity index (χ3n) is 3.96. The van der Waals surface area contributed by atoms with E-state index in [0.717, 1.165) is 35.9 Å². The first-order valence-corrected chi connectivity index (χ1v) is 8.67. The molecule has 0 aliphatic carbocycles. The number of nitrogens with two attached hydrogens (primary N) is 2. The van der Waals surface area contributed by atoms with E-state index >= 15 is 0 Å². The van der Waals surface area contributed by atoms with E-state index in [4.69, 9.17) is 21.1 Å². The molecule has 10 nitrogen and oxygen atoms in total. The highest BCUT2D eigenvalue weighted by Crippen LogP contribution is 2.18. The van der Waals surface area contributed by atoms with Crippen molar-refractivity contribution < 1.29 is 29.7 Å². The molecule has 0 spiro atoms. The zero-order valence-corrected chi connectivity index (χ0v) is 15.3. The molecule has 0 bridgehead atoms. The van der Waals surface area contributed by atoms with Gasteiger partial charge in [0.25, 0.3) is 0 Å². The number of aliphatic carboxylic acids is 3. The van der Waals surface area contributed by atoms with Crippen LogP contribution in [0.1, 0.15) is 18.4 Å². The van der Waals surface area contributed by atoms with Crippen LogP contribution in [0.5, 0.6) is 0 Å². The number of carboxylic acid groups (broad SMARTS) is 3. The van der Waals surface area contributed by atoms with E-state index in [0.29, 0.717) is 6.42 Å².